The number of unbranched alkanes of at least 4 members (excludes halogenated alkanes) is 4. The molecule has 1 heterocycles. The van der Waals surface area contributed by atoms with Crippen LogP contribution >= 0.6 is 0 Å². The third-order valence-electron chi connectivity index (χ3n) is 3.65. The van der Waals surface area contributed by atoms with Gasteiger partial charge in [0.25, 0.3) is 0 Å². The van der Waals surface area contributed by atoms with Crippen LogP contribution in [0, 0.1) is 15.7 Å². The predicted octanol–water partition coefficient (Wildman–Crippen LogP) is -1.44. The Hall–Kier alpha value is 0.01000. The molecule has 2 atom stereocenters. The molecule has 0 bridgehead atoms. The van der Waals surface area contributed by atoms with Crippen molar-refractivity contribution >= 4 is 0 Å². The van der Waals surface area contributed by atoms with Gasteiger partial charge in [-0.05, 0) is 11.8 Å². The molecule has 0 aromatic heterocycles. The minimum atomic E-state index is -4.69. The van der Waals surface area contributed by atoms with Crippen molar-refractivity contribution in [1.82, 2.24) is 5.32 Å². The summed E-state index contributed by atoms with van der Waals surface area (Å²) in [5.41, 5.74) is -0.0267. The Kier molecular flexibility index (Phi) is 10.7. The van der Waals surface area contributed by atoms with Gasteiger partial charge in [-0.15, -0.1) is 0 Å². The summed E-state index contributed by atoms with van der Waals surface area (Å²) in [7, 11) is -4.69. The second-order valence-corrected chi connectivity index (χ2v) is 7.09. The van der Waals surface area contributed by atoms with Crippen molar-refractivity contribution in [3.8, 4) is 0 Å². The number of hydrogen-bond donors (Lipinski definition) is 3. The van der Waals surface area contributed by atoms with E-state index in [1.807, 2.05) is 0 Å². The first-order chi connectivity index (χ1) is 10.1. The van der Waals surface area contributed by atoms with Gasteiger partial charge in [0.2, 0.25) is 0 Å². The van der Waals surface area contributed by atoms with E-state index in [1.165, 1.54) is 32.1 Å². The van der Waals surface area contributed by atoms with Gasteiger partial charge in [-0.3, -0.25) is 5.32 Å². The van der Waals surface area contributed by atoms with Crippen molar-refractivity contribution in [2.45, 2.75) is 71.6 Å². The summed E-state index contributed by atoms with van der Waals surface area (Å²) in [5, 5.41) is 13.2. The van der Waals surface area contributed by atoms with E-state index >= 15 is 0 Å². The van der Waals surface area contributed by atoms with Crippen molar-refractivity contribution in [2.24, 2.45) is 5.41 Å². The van der Waals surface area contributed by atoms with Gasteiger partial charge in [-0.25, -0.2) is 0 Å². The molecule has 0 amide bonds. The Labute approximate surface area is 135 Å². The zero-order valence-corrected chi connectivity index (χ0v) is 14.5. The summed E-state index contributed by atoms with van der Waals surface area (Å²) in [5.74, 6) is 0. The SMILES string of the molecule is CCCCCCCC(C)(C)C(O)COC1CN1.[O-][Cl+3]([O-])([O-])O. The molecule has 1 fully saturated rings. The number of halogens is 1. The van der Waals surface area contributed by atoms with Crippen LogP contribution in [0.1, 0.15) is 59.3 Å². The van der Waals surface area contributed by atoms with Gasteiger partial charge in [0.05, 0.1) is 27.6 Å². The molecule has 0 aliphatic carbocycles. The maximum Gasteiger partial charge on any atom is 0.121 e. The normalized spacial score (nSPS) is 19.4. The van der Waals surface area contributed by atoms with Crippen molar-refractivity contribution in [2.75, 3.05) is 13.2 Å². The molecule has 1 aliphatic rings. The fourth-order valence-corrected chi connectivity index (χ4v) is 1.95. The molecule has 134 valence electrons. The van der Waals surface area contributed by atoms with Crippen LogP contribution in [0.3, 0.4) is 0 Å². The second kappa shape index (κ2) is 10.7. The van der Waals surface area contributed by atoms with E-state index in [9.17, 15) is 5.11 Å². The first kappa shape index (κ1) is 22.0. The average molecular weight is 344 g/mol. The lowest BCUT2D eigenvalue weighted by molar-refractivity contribution is -1.92. The molecule has 0 aromatic rings. The number of rotatable bonds is 10. The van der Waals surface area contributed by atoms with Gasteiger partial charge in [-0.2, -0.15) is 14.0 Å². The van der Waals surface area contributed by atoms with Gasteiger partial charge in [0.1, 0.15) is 6.23 Å². The predicted molar refractivity (Wildman–Crippen MR) is 73.1 cm³/mol. The first-order valence-corrected chi connectivity index (χ1v) is 8.99. The second-order valence-electron chi connectivity index (χ2n) is 6.29. The average Bonchev–Trinajstić information content (AvgIpc) is 3.17. The molecule has 1 rings (SSSR count). The molecule has 7 nitrogen and oxygen atoms in total. The van der Waals surface area contributed by atoms with E-state index in [2.05, 4.69) is 26.1 Å². The fraction of sp³-hybridized carbons (Fsp3) is 1.00. The van der Waals surface area contributed by atoms with Crippen LogP contribution in [-0.4, -0.2) is 35.2 Å². The van der Waals surface area contributed by atoms with E-state index in [1.54, 1.807) is 0 Å². The van der Waals surface area contributed by atoms with Gasteiger partial charge < -0.3 is 9.84 Å². The Morgan fingerprint density at radius 3 is 2.18 bits per heavy atom. The highest BCUT2D eigenvalue weighted by Crippen LogP contribution is 2.28. The van der Waals surface area contributed by atoms with Crippen LogP contribution in [0.2, 0.25) is 0 Å². The summed E-state index contributed by atoms with van der Waals surface area (Å²) in [4.78, 5) is 0. The molecule has 1 saturated heterocycles. The molecule has 0 saturated carbocycles. The van der Waals surface area contributed by atoms with Gasteiger partial charge in [0, 0.05) is 6.54 Å². The molecular formula is C14H30ClNO6. The number of aliphatic hydroxyl groups excluding tert-OH is 1. The molecule has 2 unspecified atom stereocenters. The third kappa shape index (κ3) is 14.9. The summed E-state index contributed by atoms with van der Waals surface area (Å²) < 4.78 is 38.2. The zero-order valence-electron chi connectivity index (χ0n) is 13.7. The Balaban J connectivity index is 0.000000763. The van der Waals surface area contributed by atoms with Gasteiger partial charge >= 0.3 is 0 Å². The summed E-state index contributed by atoms with van der Waals surface area (Å²) in [6, 6.07) is 0. The monoisotopic (exact) mass is 343 g/mol. The van der Waals surface area contributed by atoms with Crippen molar-refractivity contribution < 1.29 is 38.7 Å². The van der Waals surface area contributed by atoms with E-state index in [4.69, 9.17) is 23.4 Å². The highest BCUT2D eigenvalue weighted by molar-refractivity contribution is 4.80. The van der Waals surface area contributed by atoms with E-state index < -0.39 is 10.2 Å². The van der Waals surface area contributed by atoms with E-state index in [0.717, 1.165) is 13.0 Å². The van der Waals surface area contributed by atoms with Gasteiger partial charge in [-0.1, -0.05) is 52.9 Å². The van der Waals surface area contributed by atoms with E-state index in [0.29, 0.717) is 6.61 Å². The third-order valence-corrected chi connectivity index (χ3v) is 3.65. The molecule has 0 radical (unpaired) electrons. The Morgan fingerprint density at radius 1 is 1.23 bits per heavy atom. The van der Waals surface area contributed by atoms with Gasteiger partial charge in [0.15, 0.2) is 0 Å². The maximum atomic E-state index is 10.1. The van der Waals surface area contributed by atoms with Crippen LogP contribution in [0.4, 0.5) is 0 Å². The topological polar surface area (TPSA) is 141 Å². The lowest BCUT2D eigenvalue weighted by Crippen LogP contribution is -2.58. The van der Waals surface area contributed by atoms with Crippen LogP contribution in [0.5, 0.6) is 0 Å². The Bertz CT molecular complexity index is 275. The van der Waals surface area contributed by atoms with Crippen molar-refractivity contribution in [3.63, 3.8) is 0 Å². The minimum absolute atomic E-state index is 0.0267. The van der Waals surface area contributed by atoms with Crippen LogP contribution in [0.15, 0.2) is 0 Å². The molecule has 1 aliphatic heterocycles. The van der Waals surface area contributed by atoms with Crippen molar-refractivity contribution in [1.29, 1.82) is 0 Å². The molecule has 0 aromatic carbocycles. The number of hydrogen-bond acceptors (Lipinski definition) is 7. The highest BCUT2D eigenvalue weighted by Gasteiger charge is 2.30. The van der Waals surface area contributed by atoms with Crippen LogP contribution in [-0.2, 0) is 4.74 Å². The van der Waals surface area contributed by atoms with Crippen LogP contribution in [0.25, 0.3) is 0 Å². The largest absolute Gasteiger partial charge is 0.390 e. The molecule has 3 N–H and O–H groups in total. The molecule has 22 heavy (non-hydrogen) atoms. The summed E-state index contributed by atoms with van der Waals surface area (Å²) >= 11 is 0. The Morgan fingerprint density at radius 2 is 1.73 bits per heavy atom. The lowest BCUT2D eigenvalue weighted by atomic mass is 9.81. The lowest BCUT2D eigenvalue weighted by Gasteiger charge is -2.30. The van der Waals surface area contributed by atoms with E-state index in [-0.39, 0.29) is 17.7 Å². The summed E-state index contributed by atoms with van der Waals surface area (Å²) in [6.45, 7) is 7.91. The number of aliphatic hydroxyl groups is 1. The highest BCUT2D eigenvalue weighted by atomic mass is 35.7. The molecule has 8 heteroatoms. The number of nitrogens with one attached hydrogen (secondary N) is 1. The smallest absolute Gasteiger partial charge is 0.121 e. The summed E-state index contributed by atoms with van der Waals surface area (Å²) in [6.07, 6.45) is 7.37. The standard InChI is InChI=1S/C14H29NO2.ClHO4/c1-4-5-6-7-8-9-14(2,3)12(16)11-17-13-10-15-13;2-1(3,4)5/h12-13,15-16H,4-11H2,1-3H3;(H,2,3,4,5). The van der Waals surface area contributed by atoms with Crippen molar-refractivity contribution in [3.05, 3.63) is 0 Å². The fourth-order valence-electron chi connectivity index (χ4n) is 1.95. The molecule has 0 spiro atoms. The number of ether oxygens (including phenoxy) is 1. The minimum Gasteiger partial charge on any atom is -0.390 e. The zero-order chi connectivity index (χ0) is 17.2. The molecular weight excluding hydrogens is 314 g/mol. The van der Waals surface area contributed by atoms with Crippen LogP contribution < -0.4 is 19.3 Å². The first-order valence-electron chi connectivity index (χ1n) is 7.72. The maximum absolute atomic E-state index is 10.1. The quantitative estimate of drug-likeness (QED) is 0.325.